The highest BCUT2D eigenvalue weighted by atomic mass is 16.5. The van der Waals surface area contributed by atoms with Crippen molar-refractivity contribution in [1.82, 2.24) is 9.88 Å². The molecule has 26 heavy (non-hydrogen) atoms. The highest BCUT2D eigenvalue weighted by molar-refractivity contribution is 5.83. The van der Waals surface area contributed by atoms with Gasteiger partial charge in [0.1, 0.15) is 6.10 Å². The Morgan fingerprint density at radius 2 is 2.19 bits per heavy atom. The molecule has 3 atom stereocenters. The second-order valence-corrected chi connectivity index (χ2v) is 7.47. The maximum absolute atomic E-state index is 13.0. The number of amides is 1. The number of ether oxygens (including phenoxy) is 2. The van der Waals surface area contributed by atoms with Crippen LogP contribution in [-0.2, 0) is 14.3 Å². The Bertz CT molecular complexity index is 718. The number of benzene rings is 1. The lowest BCUT2D eigenvalue weighted by molar-refractivity contribution is -0.148. The van der Waals surface area contributed by atoms with E-state index < -0.39 is 6.10 Å². The molecule has 0 aliphatic carbocycles. The smallest absolute Gasteiger partial charge is 0.251 e. The largest absolute Gasteiger partial charge is 0.376 e. The van der Waals surface area contributed by atoms with E-state index >= 15 is 0 Å². The van der Waals surface area contributed by atoms with Gasteiger partial charge in [0.25, 0.3) is 5.91 Å². The van der Waals surface area contributed by atoms with Crippen LogP contribution in [0.15, 0.2) is 30.3 Å². The summed E-state index contributed by atoms with van der Waals surface area (Å²) >= 11 is 0. The fourth-order valence-electron chi connectivity index (χ4n) is 4.13. The first-order valence-electron chi connectivity index (χ1n) is 9.84. The zero-order valence-corrected chi connectivity index (χ0v) is 15.4. The van der Waals surface area contributed by atoms with Crippen LogP contribution in [0, 0.1) is 0 Å². The van der Waals surface area contributed by atoms with Gasteiger partial charge in [-0.3, -0.25) is 4.79 Å². The zero-order valence-electron chi connectivity index (χ0n) is 15.4. The van der Waals surface area contributed by atoms with Gasteiger partial charge >= 0.3 is 0 Å². The molecule has 4 rings (SSSR count). The van der Waals surface area contributed by atoms with Crippen molar-refractivity contribution in [3.63, 3.8) is 0 Å². The summed E-state index contributed by atoms with van der Waals surface area (Å²) in [4.78, 5) is 18.6. The molecule has 2 aliphatic heterocycles. The molecule has 0 saturated carbocycles. The molecule has 3 heterocycles. The minimum atomic E-state index is -0.427. The van der Waals surface area contributed by atoms with Crippen LogP contribution in [0.25, 0.3) is 10.9 Å². The Morgan fingerprint density at radius 3 is 3.00 bits per heavy atom. The van der Waals surface area contributed by atoms with Gasteiger partial charge in [-0.05, 0) is 56.5 Å². The van der Waals surface area contributed by atoms with Gasteiger partial charge in [-0.2, -0.15) is 0 Å². The van der Waals surface area contributed by atoms with Crippen LogP contribution in [0.3, 0.4) is 0 Å². The molecule has 1 N–H and O–H groups in total. The monoisotopic (exact) mass is 356 g/mol. The Morgan fingerprint density at radius 1 is 1.31 bits per heavy atom. The predicted molar refractivity (Wildman–Crippen MR) is 101 cm³/mol. The third-order valence-electron chi connectivity index (χ3n) is 5.60. The number of aromatic nitrogens is 1. The molecule has 0 bridgehead atoms. The summed E-state index contributed by atoms with van der Waals surface area (Å²) in [6.45, 7) is 3.99. The standard InChI is InChI=1S/C21H28N2O3/c1-15(26-14-17-8-6-12-25-17)21(24)23-11-5-4-10-20(23)19-13-16-7-2-3-9-18(16)22-19/h2-3,7,9,13,15,17,20,22H,4-6,8,10-12,14H2,1H3. The second-order valence-electron chi connectivity index (χ2n) is 7.47. The topological polar surface area (TPSA) is 54.6 Å². The lowest BCUT2D eigenvalue weighted by Gasteiger charge is -2.37. The highest BCUT2D eigenvalue weighted by Crippen LogP contribution is 2.33. The van der Waals surface area contributed by atoms with Crippen LogP contribution in [0.5, 0.6) is 0 Å². The molecule has 5 nitrogen and oxygen atoms in total. The van der Waals surface area contributed by atoms with Gasteiger partial charge in [0.05, 0.1) is 18.8 Å². The quantitative estimate of drug-likeness (QED) is 0.886. The van der Waals surface area contributed by atoms with Crippen molar-refractivity contribution in [2.24, 2.45) is 0 Å². The molecule has 140 valence electrons. The summed E-state index contributed by atoms with van der Waals surface area (Å²) in [5, 5.41) is 1.20. The number of nitrogens with one attached hydrogen (secondary N) is 1. The lowest BCUT2D eigenvalue weighted by Crippen LogP contribution is -2.44. The molecule has 0 spiro atoms. The molecule has 2 aliphatic rings. The van der Waals surface area contributed by atoms with Gasteiger partial charge in [0.15, 0.2) is 0 Å². The fourth-order valence-corrected chi connectivity index (χ4v) is 4.13. The molecule has 1 aromatic heterocycles. The molecule has 5 heteroatoms. The average molecular weight is 356 g/mol. The first kappa shape index (κ1) is 17.6. The number of H-pyrrole nitrogens is 1. The van der Waals surface area contributed by atoms with Gasteiger partial charge in [-0.15, -0.1) is 0 Å². The van der Waals surface area contributed by atoms with Crippen LogP contribution >= 0.6 is 0 Å². The van der Waals surface area contributed by atoms with E-state index in [2.05, 4.69) is 23.2 Å². The van der Waals surface area contributed by atoms with E-state index in [0.717, 1.165) is 56.5 Å². The Hall–Kier alpha value is -1.85. The third-order valence-corrected chi connectivity index (χ3v) is 5.60. The van der Waals surface area contributed by atoms with Crippen LogP contribution in [0.4, 0.5) is 0 Å². The van der Waals surface area contributed by atoms with Crippen LogP contribution in [0.2, 0.25) is 0 Å². The minimum Gasteiger partial charge on any atom is -0.376 e. The third kappa shape index (κ3) is 3.64. The number of piperidine rings is 1. The number of hydrogen-bond acceptors (Lipinski definition) is 3. The maximum Gasteiger partial charge on any atom is 0.251 e. The van der Waals surface area contributed by atoms with Gasteiger partial charge in [-0.1, -0.05) is 18.2 Å². The molecule has 2 fully saturated rings. The normalized spacial score (nSPS) is 24.9. The fraction of sp³-hybridized carbons (Fsp3) is 0.571. The van der Waals surface area contributed by atoms with Crippen molar-refractivity contribution in [2.45, 2.75) is 57.3 Å². The van der Waals surface area contributed by atoms with E-state index in [1.54, 1.807) is 0 Å². The van der Waals surface area contributed by atoms with Gasteiger partial charge in [-0.25, -0.2) is 0 Å². The van der Waals surface area contributed by atoms with E-state index in [0.29, 0.717) is 6.61 Å². The number of para-hydroxylation sites is 1. The van der Waals surface area contributed by atoms with Crippen molar-refractivity contribution >= 4 is 16.8 Å². The summed E-state index contributed by atoms with van der Waals surface area (Å²) in [7, 11) is 0. The molecule has 3 unspecified atom stereocenters. The van der Waals surface area contributed by atoms with Crippen molar-refractivity contribution in [2.75, 3.05) is 19.8 Å². The Labute approximate surface area is 154 Å². The number of fused-ring (bicyclic) bond motifs is 1. The first-order chi connectivity index (χ1) is 12.7. The summed E-state index contributed by atoms with van der Waals surface area (Å²) < 4.78 is 11.5. The summed E-state index contributed by atoms with van der Waals surface area (Å²) in [5.41, 5.74) is 2.26. The van der Waals surface area contributed by atoms with Crippen molar-refractivity contribution < 1.29 is 14.3 Å². The van der Waals surface area contributed by atoms with Crippen molar-refractivity contribution in [1.29, 1.82) is 0 Å². The SMILES string of the molecule is CC(OCC1CCCO1)C(=O)N1CCCCC1c1cc2ccccc2[nH]1. The van der Waals surface area contributed by atoms with E-state index in [1.807, 2.05) is 24.0 Å². The Balaban J connectivity index is 1.46. The number of likely N-dealkylation sites (tertiary alicyclic amines) is 1. The number of carbonyl (C=O) groups is 1. The highest BCUT2D eigenvalue weighted by Gasteiger charge is 2.32. The van der Waals surface area contributed by atoms with Gasteiger partial charge in [0.2, 0.25) is 0 Å². The van der Waals surface area contributed by atoms with Crippen molar-refractivity contribution in [3.05, 3.63) is 36.0 Å². The number of rotatable bonds is 5. The Kier molecular flexibility index (Phi) is 5.27. The minimum absolute atomic E-state index is 0.0892. The number of carbonyl (C=O) groups excluding carboxylic acids is 1. The molecular formula is C21H28N2O3. The van der Waals surface area contributed by atoms with Crippen LogP contribution in [-0.4, -0.2) is 47.8 Å². The molecule has 1 amide bonds. The average Bonchev–Trinajstić information content (AvgIpc) is 3.34. The van der Waals surface area contributed by atoms with Gasteiger partial charge < -0.3 is 19.4 Å². The van der Waals surface area contributed by atoms with E-state index in [-0.39, 0.29) is 18.1 Å². The summed E-state index contributed by atoms with van der Waals surface area (Å²) in [5.74, 6) is 0.0892. The number of aromatic amines is 1. The molecule has 0 radical (unpaired) electrons. The lowest BCUT2D eigenvalue weighted by atomic mass is 9.98. The molecule has 2 aromatic rings. The number of nitrogens with zero attached hydrogens (tertiary/aromatic N) is 1. The first-order valence-corrected chi connectivity index (χ1v) is 9.84. The van der Waals surface area contributed by atoms with E-state index in [9.17, 15) is 4.79 Å². The predicted octanol–water partition coefficient (Wildman–Crippen LogP) is 3.81. The van der Waals surface area contributed by atoms with Crippen LogP contribution in [0.1, 0.15) is 50.8 Å². The molecular weight excluding hydrogens is 328 g/mol. The summed E-state index contributed by atoms with van der Waals surface area (Å²) in [6.07, 6.45) is 5.04. The van der Waals surface area contributed by atoms with E-state index in [4.69, 9.17) is 9.47 Å². The molecule has 1 aromatic carbocycles. The molecule has 2 saturated heterocycles. The summed E-state index contributed by atoms with van der Waals surface area (Å²) in [6, 6.07) is 10.6. The zero-order chi connectivity index (χ0) is 17.9. The second kappa shape index (κ2) is 7.80. The van der Waals surface area contributed by atoms with Crippen LogP contribution < -0.4 is 0 Å². The van der Waals surface area contributed by atoms with Gasteiger partial charge in [0, 0.05) is 24.4 Å². The number of hydrogen-bond donors (Lipinski definition) is 1. The van der Waals surface area contributed by atoms with E-state index in [1.165, 1.54) is 5.39 Å². The van der Waals surface area contributed by atoms with Crippen molar-refractivity contribution in [3.8, 4) is 0 Å². The maximum atomic E-state index is 13.0.